The van der Waals surface area contributed by atoms with Crippen molar-refractivity contribution < 1.29 is 9.47 Å². The normalized spacial score (nSPS) is 9.62. The van der Waals surface area contributed by atoms with Crippen molar-refractivity contribution in [3.05, 3.63) is 30.0 Å². The second-order valence-electron chi connectivity index (χ2n) is 4.04. The third-order valence-corrected chi connectivity index (χ3v) is 2.75. The Hall–Kier alpha value is -3.01. The van der Waals surface area contributed by atoms with E-state index in [4.69, 9.17) is 14.7 Å². The number of benzene rings is 1. The van der Waals surface area contributed by atoms with Gasteiger partial charge in [-0.25, -0.2) is 4.98 Å². The summed E-state index contributed by atoms with van der Waals surface area (Å²) in [5.41, 5.74) is 1.10. The number of nitrogens with one attached hydrogen (secondary N) is 2. The number of ether oxygens (including phenoxy) is 2. The van der Waals surface area contributed by atoms with Crippen LogP contribution in [0.2, 0.25) is 0 Å². The second-order valence-corrected chi connectivity index (χ2v) is 4.04. The van der Waals surface area contributed by atoms with Gasteiger partial charge in [-0.2, -0.15) is 10.2 Å². The van der Waals surface area contributed by atoms with Gasteiger partial charge in [0, 0.05) is 30.9 Å². The van der Waals surface area contributed by atoms with E-state index in [1.165, 1.54) is 6.20 Å². The van der Waals surface area contributed by atoms with E-state index in [0.29, 0.717) is 28.8 Å². The highest BCUT2D eigenvalue weighted by atomic mass is 16.5. The Labute approximate surface area is 122 Å². The van der Waals surface area contributed by atoms with E-state index in [-0.39, 0.29) is 0 Å². The molecule has 21 heavy (non-hydrogen) atoms. The molecule has 1 aromatic carbocycles. The maximum absolute atomic E-state index is 8.94. The third-order valence-electron chi connectivity index (χ3n) is 2.75. The lowest BCUT2D eigenvalue weighted by molar-refractivity contribution is 0.395. The summed E-state index contributed by atoms with van der Waals surface area (Å²) in [5.74, 6) is 2.14. The number of anilines is 3. The van der Waals surface area contributed by atoms with Crippen LogP contribution >= 0.6 is 0 Å². The summed E-state index contributed by atoms with van der Waals surface area (Å²) in [6.45, 7) is 0. The maximum atomic E-state index is 8.94. The highest BCUT2D eigenvalue weighted by Crippen LogP contribution is 2.27. The molecule has 0 aliphatic carbocycles. The summed E-state index contributed by atoms with van der Waals surface area (Å²) in [6, 6.07) is 7.38. The van der Waals surface area contributed by atoms with Crippen molar-refractivity contribution in [1.29, 1.82) is 5.26 Å². The van der Waals surface area contributed by atoms with E-state index < -0.39 is 0 Å². The first-order valence-electron chi connectivity index (χ1n) is 6.15. The van der Waals surface area contributed by atoms with Gasteiger partial charge < -0.3 is 20.1 Å². The number of nitrogens with zero attached hydrogens (tertiary/aromatic N) is 3. The smallest absolute Gasteiger partial charge is 0.229 e. The van der Waals surface area contributed by atoms with Crippen molar-refractivity contribution in [1.82, 2.24) is 9.97 Å². The van der Waals surface area contributed by atoms with E-state index in [1.54, 1.807) is 39.5 Å². The van der Waals surface area contributed by atoms with Crippen LogP contribution < -0.4 is 20.1 Å². The quantitative estimate of drug-likeness (QED) is 0.869. The van der Waals surface area contributed by atoms with Crippen molar-refractivity contribution in [3.8, 4) is 17.6 Å². The zero-order valence-electron chi connectivity index (χ0n) is 12.0. The molecular weight excluding hydrogens is 270 g/mol. The Balaban J connectivity index is 2.31. The molecule has 0 amide bonds. The van der Waals surface area contributed by atoms with Crippen LogP contribution in [0, 0.1) is 11.3 Å². The van der Waals surface area contributed by atoms with Gasteiger partial charge in [0.05, 0.1) is 20.4 Å². The average Bonchev–Trinajstić information content (AvgIpc) is 2.54. The highest BCUT2D eigenvalue weighted by Gasteiger charge is 2.07. The van der Waals surface area contributed by atoms with Crippen LogP contribution in [-0.4, -0.2) is 31.2 Å². The van der Waals surface area contributed by atoms with Crippen LogP contribution in [0.1, 0.15) is 5.56 Å². The lowest BCUT2D eigenvalue weighted by atomic mass is 10.3. The molecule has 0 bridgehead atoms. The fourth-order valence-corrected chi connectivity index (χ4v) is 1.72. The van der Waals surface area contributed by atoms with Crippen LogP contribution in [0.5, 0.6) is 11.5 Å². The Morgan fingerprint density at radius 1 is 1.14 bits per heavy atom. The van der Waals surface area contributed by atoms with E-state index in [9.17, 15) is 0 Å². The van der Waals surface area contributed by atoms with Crippen LogP contribution in [0.15, 0.2) is 24.4 Å². The van der Waals surface area contributed by atoms with Gasteiger partial charge in [0.25, 0.3) is 0 Å². The van der Waals surface area contributed by atoms with Gasteiger partial charge in [-0.05, 0) is 0 Å². The average molecular weight is 285 g/mol. The third kappa shape index (κ3) is 3.30. The van der Waals surface area contributed by atoms with E-state index in [0.717, 1.165) is 5.69 Å². The minimum atomic E-state index is 0.369. The molecule has 0 saturated heterocycles. The summed E-state index contributed by atoms with van der Waals surface area (Å²) in [6.07, 6.45) is 1.46. The Bertz CT molecular complexity index is 659. The molecule has 0 aliphatic heterocycles. The summed E-state index contributed by atoms with van der Waals surface area (Å²) >= 11 is 0. The van der Waals surface area contributed by atoms with Crippen molar-refractivity contribution in [2.24, 2.45) is 0 Å². The van der Waals surface area contributed by atoms with Crippen LogP contribution in [0.4, 0.5) is 17.5 Å². The van der Waals surface area contributed by atoms with Gasteiger partial charge in [0.2, 0.25) is 5.95 Å². The molecule has 7 nitrogen and oxygen atoms in total. The summed E-state index contributed by atoms with van der Waals surface area (Å²) in [4.78, 5) is 8.33. The fourth-order valence-electron chi connectivity index (χ4n) is 1.72. The molecule has 0 atom stereocenters. The number of hydrogen-bond donors (Lipinski definition) is 2. The standard InChI is InChI=1S/C14H15N5O2/c1-16-13-9(7-15)8-17-14(19-13)18-10-4-11(20-2)6-12(5-10)21-3/h4-6,8H,1-3H3,(H2,16,17,18,19). The number of hydrogen-bond acceptors (Lipinski definition) is 7. The zero-order chi connectivity index (χ0) is 15.2. The summed E-state index contributed by atoms with van der Waals surface area (Å²) in [7, 11) is 4.85. The predicted molar refractivity (Wildman–Crippen MR) is 79.1 cm³/mol. The number of rotatable bonds is 5. The van der Waals surface area contributed by atoms with Gasteiger partial charge >= 0.3 is 0 Å². The zero-order valence-corrected chi connectivity index (χ0v) is 12.0. The van der Waals surface area contributed by atoms with Crippen molar-refractivity contribution in [2.75, 3.05) is 31.9 Å². The van der Waals surface area contributed by atoms with Gasteiger partial charge in [-0.1, -0.05) is 0 Å². The lowest BCUT2D eigenvalue weighted by Crippen LogP contribution is -2.03. The van der Waals surface area contributed by atoms with Gasteiger partial charge in [-0.3, -0.25) is 0 Å². The second kappa shape index (κ2) is 6.43. The molecule has 1 aromatic heterocycles. The van der Waals surface area contributed by atoms with Crippen LogP contribution in [-0.2, 0) is 0 Å². The molecular formula is C14H15N5O2. The van der Waals surface area contributed by atoms with Crippen molar-refractivity contribution in [3.63, 3.8) is 0 Å². The van der Waals surface area contributed by atoms with Crippen LogP contribution in [0.3, 0.4) is 0 Å². The number of aromatic nitrogens is 2. The van der Waals surface area contributed by atoms with Crippen molar-refractivity contribution in [2.45, 2.75) is 0 Å². The maximum Gasteiger partial charge on any atom is 0.229 e. The molecule has 0 spiro atoms. The molecule has 0 radical (unpaired) electrons. The Kier molecular flexibility index (Phi) is 4.41. The first-order chi connectivity index (χ1) is 10.2. The lowest BCUT2D eigenvalue weighted by Gasteiger charge is -2.10. The monoisotopic (exact) mass is 285 g/mol. The van der Waals surface area contributed by atoms with E-state index in [1.807, 2.05) is 6.07 Å². The molecule has 7 heteroatoms. The Morgan fingerprint density at radius 3 is 2.33 bits per heavy atom. The van der Waals surface area contributed by atoms with E-state index >= 15 is 0 Å². The predicted octanol–water partition coefficient (Wildman–Crippen LogP) is 2.15. The molecule has 108 valence electrons. The molecule has 0 fully saturated rings. The SMILES string of the molecule is CNc1nc(Nc2cc(OC)cc(OC)c2)ncc1C#N. The molecule has 1 heterocycles. The molecule has 0 saturated carbocycles. The fraction of sp³-hybridized carbons (Fsp3) is 0.214. The molecule has 0 unspecified atom stereocenters. The molecule has 2 N–H and O–H groups in total. The van der Waals surface area contributed by atoms with Crippen molar-refractivity contribution >= 4 is 17.5 Å². The summed E-state index contributed by atoms with van der Waals surface area (Å²) in [5, 5.41) is 14.8. The summed E-state index contributed by atoms with van der Waals surface area (Å²) < 4.78 is 10.4. The molecule has 0 aliphatic rings. The molecule has 2 aromatic rings. The van der Waals surface area contributed by atoms with E-state index in [2.05, 4.69) is 20.6 Å². The largest absolute Gasteiger partial charge is 0.497 e. The number of methoxy groups -OCH3 is 2. The Morgan fingerprint density at radius 2 is 1.81 bits per heavy atom. The minimum Gasteiger partial charge on any atom is -0.497 e. The first-order valence-corrected chi connectivity index (χ1v) is 6.15. The van der Waals surface area contributed by atoms with Gasteiger partial charge in [0.15, 0.2) is 0 Å². The number of nitriles is 1. The molecule has 2 rings (SSSR count). The topological polar surface area (TPSA) is 92.1 Å². The van der Waals surface area contributed by atoms with Gasteiger partial charge in [0.1, 0.15) is 28.9 Å². The van der Waals surface area contributed by atoms with Crippen LogP contribution in [0.25, 0.3) is 0 Å². The minimum absolute atomic E-state index is 0.369. The highest BCUT2D eigenvalue weighted by molar-refractivity contribution is 5.61. The first kappa shape index (κ1) is 14.4. The van der Waals surface area contributed by atoms with Gasteiger partial charge in [-0.15, -0.1) is 0 Å².